The quantitative estimate of drug-likeness (QED) is 0.283. The summed E-state index contributed by atoms with van der Waals surface area (Å²) < 4.78 is 67.0. The van der Waals surface area contributed by atoms with Gasteiger partial charge in [0.1, 0.15) is 0 Å². The minimum Gasteiger partial charge on any atom is -0.198 e. The van der Waals surface area contributed by atoms with E-state index in [9.17, 15) is 21.6 Å². The smallest absolute Gasteiger partial charge is 0.198 e. The molecule has 0 amide bonds. The number of thioether (sulfide) groups is 1. The van der Waals surface area contributed by atoms with E-state index in [0.29, 0.717) is 12.2 Å². The maximum Gasteiger partial charge on any atom is 0.524 e. The van der Waals surface area contributed by atoms with Crippen LogP contribution in [-0.4, -0.2) is 29.6 Å². The summed E-state index contributed by atoms with van der Waals surface area (Å²) in [5.74, 6) is 3.85. The molecule has 3 nitrogen and oxygen atoms in total. The Morgan fingerprint density at radius 1 is 1.03 bits per heavy atom. The third kappa shape index (κ3) is 6.41. The van der Waals surface area contributed by atoms with Crippen molar-refractivity contribution < 1.29 is 25.2 Å². The lowest BCUT2D eigenvalue weighted by atomic mass is 9.69. The molecule has 0 aromatic carbocycles. The van der Waals surface area contributed by atoms with Crippen LogP contribution in [0, 0.1) is 23.7 Å². The second-order valence-electron chi connectivity index (χ2n) is 9.07. The lowest BCUT2D eigenvalue weighted by molar-refractivity contribution is -0.0494. The summed E-state index contributed by atoms with van der Waals surface area (Å²) in [5.41, 5.74) is -5.35. The van der Waals surface area contributed by atoms with Gasteiger partial charge in [-0.25, -0.2) is 0 Å². The number of hydrogen-bond donors (Lipinski definition) is 0. The molecular weight excluding hydrogens is 453 g/mol. The van der Waals surface area contributed by atoms with E-state index in [1.807, 2.05) is 0 Å². The van der Waals surface area contributed by atoms with Gasteiger partial charge in [-0.3, -0.25) is 0 Å². The van der Waals surface area contributed by atoms with Gasteiger partial charge in [0.05, 0.1) is 0 Å². The number of hydrogen-bond acceptors (Lipinski definition) is 4. The van der Waals surface area contributed by atoms with Gasteiger partial charge in [-0.2, -0.15) is 25.2 Å². The third-order valence-electron chi connectivity index (χ3n) is 7.03. The van der Waals surface area contributed by atoms with Crippen LogP contribution in [0.25, 0.3) is 0 Å². The second kappa shape index (κ2) is 10.9. The first kappa shape index (κ1) is 24.9. The van der Waals surface area contributed by atoms with E-state index >= 15 is 0 Å². The summed E-state index contributed by atoms with van der Waals surface area (Å²) >= 11 is 1.55. The molecule has 30 heavy (non-hydrogen) atoms. The molecule has 0 radical (unpaired) electrons. The Bertz CT molecular complexity index is 690. The van der Waals surface area contributed by atoms with Crippen molar-refractivity contribution in [2.75, 3.05) is 11.5 Å². The summed E-state index contributed by atoms with van der Waals surface area (Å²) in [5, 5.41) is 0. The molecule has 2 aliphatic carbocycles. The fourth-order valence-electron chi connectivity index (χ4n) is 5.31. The highest BCUT2D eigenvalue weighted by atomic mass is 32.3. The van der Waals surface area contributed by atoms with E-state index in [1.54, 1.807) is 11.8 Å². The molecule has 1 atom stereocenters. The van der Waals surface area contributed by atoms with Gasteiger partial charge in [0.2, 0.25) is 0 Å². The van der Waals surface area contributed by atoms with Crippen LogP contribution in [0.3, 0.4) is 0 Å². The second-order valence-corrected chi connectivity index (χ2v) is 13.9. The molecule has 1 aliphatic heterocycles. The standard InChI is InChI=1S/C21H35F3O3S3/c1-2-3-5-16-6-8-17(9-7-16)18-10-12-19(13-11-18)20-28-14-4-15-29(20)27-30(25,26)21(22,23)24/h16-19H,2-15H2,1H3. The van der Waals surface area contributed by atoms with E-state index in [-0.39, 0.29) is 5.92 Å². The third-order valence-corrected chi connectivity index (χ3v) is 12.4. The zero-order valence-electron chi connectivity index (χ0n) is 17.8. The summed E-state index contributed by atoms with van der Waals surface area (Å²) in [7, 11) is -6.78. The molecule has 2 saturated carbocycles. The Kier molecular flexibility index (Phi) is 9.07. The van der Waals surface area contributed by atoms with Crippen LogP contribution in [-0.2, 0) is 13.7 Å². The zero-order chi connectivity index (χ0) is 21.8. The molecule has 3 aliphatic rings. The fraction of sp³-hybridized carbons (Fsp3) is 0.952. The van der Waals surface area contributed by atoms with E-state index in [1.165, 1.54) is 44.9 Å². The van der Waals surface area contributed by atoms with Crippen molar-refractivity contribution in [2.45, 2.75) is 89.5 Å². The van der Waals surface area contributed by atoms with Crippen LogP contribution in [0.4, 0.5) is 13.2 Å². The fourth-order valence-corrected chi connectivity index (χ4v) is 10.7. The van der Waals surface area contributed by atoms with Crippen molar-refractivity contribution in [1.29, 1.82) is 0 Å². The highest BCUT2D eigenvalue weighted by molar-refractivity contribution is 8.34. The molecule has 1 heterocycles. The number of alkyl halides is 3. The molecule has 1 unspecified atom stereocenters. The summed E-state index contributed by atoms with van der Waals surface area (Å²) in [6, 6.07) is 0. The Balaban J connectivity index is 1.56. The maximum absolute atomic E-state index is 12.8. The average molecular weight is 489 g/mol. The lowest BCUT2D eigenvalue weighted by Gasteiger charge is -2.39. The SMILES string of the molecule is CCCCC1CCC(C2CCC(C3=S(OS(=O)(=O)C(F)(F)F)CCCS3)CC2)CC1. The number of halogens is 3. The van der Waals surface area contributed by atoms with Crippen molar-refractivity contribution in [3.05, 3.63) is 0 Å². The lowest BCUT2D eigenvalue weighted by Crippen LogP contribution is -2.29. The molecule has 9 heteroatoms. The van der Waals surface area contributed by atoms with Gasteiger partial charge in [-0.05, 0) is 85.1 Å². The van der Waals surface area contributed by atoms with Gasteiger partial charge in [-0.1, -0.05) is 39.0 Å². The Morgan fingerprint density at radius 3 is 2.20 bits per heavy atom. The molecule has 0 saturated heterocycles. The Morgan fingerprint density at radius 2 is 1.63 bits per heavy atom. The topological polar surface area (TPSA) is 43.4 Å². The predicted octanol–water partition coefficient (Wildman–Crippen LogP) is 7.11. The molecule has 3 rings (SSSR count). The highest BCUT2D eigenvalue weighted by Crippen LogP contribution is 2.46. The Labute approximate surface area is 186 Å². The van der Waals surface area contributed by atoms with Gasteiger partial charge < -0.3 is 0 Å². The van der Waals surface area contributed by atoms with Gasteiger partial charge in [0.15, 0.2) is 0 Å². The van der Waals surface area contributed by atoms with Gasteiger partial charge >= 0.3 is 15.6 Å². The van der Waals surface area contributed by atoms with Crippen molar-refractivity contribution in [2.24, 2.45) is 23.7 Å². The van der Waals surface area contributed by atoms with E-state index < -0.39 is 26.4 Å². The first-order valence-corrected chi connectivity index (χ1v) is 15.1. The minimum absolute atomic E-state index is 0.194. The van der Waals surface area contributed by atoms with E-state index in [0.717, 1.165) is 53.4 Å². The van der Waals surface area contributed by atoms with Gasteiger partial charge in [-0.15, -0.1) is 11.8 Å². The van der Waals surface area contributed by atoms with Crippen LogP contribution in [0.15, 0.2) is 0 Å². The summed E-state index contributed by atoms with van der Waals surface area (Å²) in [4.78, 5) is 0. The summed E-state index contributed by atoms with van der Waals surface area (Å²) in [6.07, 6.45) is 14.2. The van der Waals surface area contributed by atoms with Crippen LogP contribution in [0.1, 0.15) is 84.0 Å². The van der Waals surface area contributed by atoms with Crippen molar-refractivity contribution in [1.82, 2.24) is 0 Å². The number of unbranched alkanes of at least 4 members (excludes halogenated alkanes) is 1. The molecule has 0 bridgehead atoms. The largest absolute Gasteiger partial charge is 0.524 e. The van der Waals surface area contributed by atoms with Crippen LogP contribution in [0.2, 0.25) is 0 Å². The Hall–Kier alpha value is 0.270. The normalized spacial score (nSPS) is 34.1. The van der Waals surface area contributed by atoms with Crippen LogP contribution in [0.5, 0.6) is 0 Å². The first-order chi connectivity index (χ1) is 14.2. The summed E-state index contributed by atoms with van der Waals surface area (Å²) in [6.45, 7) is 2.25. The van der Waals surface area contributed by atoms with Crippen LogP contribution >= 0.6 is 22.5 Å². The van der Waals surface area contributed by atoms with E-state index in [2.05, 4.69) is 6.92 Å². The average Bonchev–Trinajstić information content (AvgIpc) is 2.72. The molecule has 0 spiro atoms. The predicted molar refractivity (Wildman–Crippen MR) is 121 cm³/mol. The molecule has 0 aromatic rings. The van der Waals surface area contributed by atoms with Crippen molar-refractivity contribution in [3.63, 3.8) is 0 Å². The molecule has 2 fully saturated rings. The zero-order valence-corrected chi connectivity index (χ0v) is 20.2. The van der Waals surface area contributed by atoms with Crippen molar-refractivity contribution in [3.8, 4) is 0 Å². The number of rotatable bonds is 7. The van der Waals surface area contributed by atoms with Gasteiger partial charge in [0, 0.05) is 9.95 Å². The highest BCUT2D eigenvalue weighted by Gasteiger charge is 2.48. The van der Waals surface area contributed by atoms with Gasteiger partial charge in [0.25, 0.3) is 0 Å². The molecule has 0 aromatic heterocycles. The molecular formula is C21H35F3O3S3. The molecule has 176 valence electrons. The maximum atomic E-state index is 12.8. The first-order valence-electron chi connectivity index (χ1n) is 11.4. The van der Waals surface area contributed by atoms with Crippen LogP contribution < -0.4 is 0 Å². The minimum atomic E-state index is -5.53. The van der Waals surface area contributed by atoms with E-state index in [4.69, 9.17) is 3.63 Å². The monoisotopic (exact) mass is 488 g/mol. The van der Waals surface area contributed by atoms with Crippen molar-refractivity contribution >= 4 is 36.8 Å². The molecule has 0 N–H and O–H groups in total.